The predicted molar refractivity (Wildman–Crippen MR) is 73.1 cm³/mol. The van der Waals surface area contributed by atoms with E-state index in [1.165, 1.54) is 0 Å². The Labute approximate surface area is 114 Å². The highest BCUT2D eigenvalue weighted by Crippen LogP contribution is 2.34. The third-order valence-corrected chi connectivity index (χ3v) is 3.69. The van der Waals surface area contributed by atoms with Gasteiger partial charge in [-0.25, -0.2) is 0 Å². The first-order chi connectivity index (χ1) is 9.19. The molecule has 0 aliphatic carbocycles. The van der Waals surface area contributed by atoms with Gasteiger partial charge in [0.15, 0.2) is 0 Å². The molecule has 2 rings (SSSR count). The van der Waals surface area contributed by atoms with E-state index in [1.807, 2.05) is 18.2 Å². The largest absolute Gasteiger partial charge is 0.497 e. The van der Waals surface area contributed by atoms with E-state index in [0.29, 0.717) is 5.92 Å². The molecular weight excluding hydrogens is 244 g/mol. The predicted octanol–water partition coefficient (Wildman–Crippen LogP) is 1.63. The van der Waals surface area contributed by atoms with Gasteiger partial charge in [0.1, 0.15) is 11.5 Å². The average molecular weight is 266 g/mol. The van der Waals surface area contributed by atoms with Crippen molar-refractivity contribution in [3.8, 4) is 11.5 Å². The molecule has 1 aromatic rings. The molecule has 3 atom stereocenters. The Morgan fingerprint density at radius 3 is 2.32 bits per heavy atom. The van der Waals surface area contributed by atoms with Crippen LogP contribution in [0.25, 0.3) is 0 Å². The fraction of sp³-hybridized carbons (Fsp3) is 0.571. The molecule has 1 heterocycles. The van der Waals surface area contributed by atoms with Crippen LogP contribution in [0.4, 0.5) is 0 Å². The normalized spacial score (nSPS) is 24.2. The SMILES string of the molecule is COc1cc(OC)cc(C(NN)C2OCCC2C)c1. The smallest absolute Gasteiger partial charge is 0.122 e. The van der Waals surface area contributed by atoms with Crippen molar-refractivity contribution in [1.29, 1.82) is 0 Å². The Kier molecular flexibility index (Phi) is 4.63. The van der Waals surface area contributed by atoms with Gasteiger partial charge in [-0.2, -0.15) is 0 Å². The van der Waals surface area contributed by atoms with Gasteiger partial charge in [0.05, 0.1) is 26.4 Å². The molecule has 1 aliphatic rings. The number of methoxy groups -OCH3 is 2. The second kappa shape index (κ2) is 6.23. The molecule has 0 radical (unpaired) electrons. The Bertz CT molecular complexity index is 403. The molecule has 5 heteroatoms. The monoisotopic (exact) mass is 266 g/mol. The number of nitrogens with one attached hydrogen (secondary N) is 1. The first-order valence-electron chi connectivity index (χ1n) is 6.50. The van der Waals surface area contributed by atoms with Gasteiger partial charge in [-0.15, -0.1) is 0 Å². The maximum Gasteiger partial charge on any atom is 0.122 e. The highest BCUT2D eigenvalue weighted by molar-refractivity contribution is 5.40. The molecule has 3 unspecified atom stereocenters. The molecule has 0 aromatic heterocycles. The lowest BCUT2D eigenvalue weighted by Gasteiger charge is -2.26. The van der Waals surface area contributed by atoms with Gasteiger partial charge in [-0.05, 0) is 30.0 Å². The van der Waals surface area contributed by atoms with Crippen LogP contribution in [0, 0.1) is 5.92 Å². The van der Waals surface area contributed by atoms with Crippen molar-refractivity contribution in [2.45, 2.75) is 25.5 Å². The van der Waals surface area contributed by atoms with Gasteiger partial charge in [-0.1, -0.05) is 6.92 Å². The Hall–Kier alpha value is -1.30. The van der Waals surface area contributed by atoms with Crippen LogP contribution in [-0.2, 0) is 4.74 Å². The zero-order valence-corrected chi connectivity index (χ0v) is 11.7. The zero-order chi connectivity index (χ0) is 13.8. The van der Waals surface area contributed by atoms with Crippen molar-refractivity contribution in [3.63, 3.8) is 0 Å². The number of ether oxygens (including phenoxy) is 3. The van der Waals surface area contributed by atoms with Crippen LogP contribution in [0.15, 0.2) is 18.2 Å². The van der Waals surface area contributed by atoms with Crippen molar-refractivity contribution >= 4 is 0 Å². The quantitative estimate of drug-likeness (QED) is 0.626. The Morgan fingerprint density at radius 1 is 1.26 bits per heavy atom. The molecular formula is C14H22N2O3. The average Bonchev–Trinajstić information content (AvgIpc) is 2.85. The van der Waals surface area contributed by atoms with Gasteiger partial charge >= 0.3 is 0 Å². The first kappa shape index (κ1) is 14.1. The third kappa shape index (κ3) is 3.00. The maximum absolute atomic E-state index is 5.80. The van der Waals surface area contributed by atoms with Crippen molar-refractivity contribution in [2.75, 3.05) is 20.8 Å². The van der Waals surface area contributed by atoms with Gasteiger partial charge in [-0.3, -0.25) is 11.3 Å². The molecule has 0 bridgehead atoms. The molecule has 0 saturated carbocycles. The summed E-state index contributed by atoms with van der Waals surface area (Å²) in [4.78, 5) is 0. The summed E-state index contributed by atoms with van der Waals surface area (Å²) >= 11 is 0. The zero-order valence-electron chi connectivity index (χ0n) is 11.7. The number of hydrogen-bond acceptors (Lipinski definition) is 5. The Morgan fingerprint density at radius 2 is 1.89 bits per heavy atom. The number of rotatable bonds is 5. The van der Waals surface area contributed by atoms with E-state index >= 15 is 0 Å². The Balaban J connectivity index is 2.31. The molecule has 1 aliphatic heterocycles. The summed E-state index contributed by atoms with van der Waals surface area (Å²) in [6.07, 6.45) is 1.13. The summed E-state index contributed by atoms with van der Waals surface area (Å²) in [6.45, 7) is 2.96. The second-order valence-corrected chi connectivity index (χ2v) is 4.89. The first-order valence-corrected chi connectivity index (χ1v) is 6.50. The molecule has 1 aromatic carbocycles. The van der Waals surface area contributed by atoms with Crippen LogP contribution < -0.4 is 20.7 Å². The summed E-state index contributed by atoms with van der Waals surface area (Å²) in [5, 5.41) is 0. The fourth-order valence-electron chi connectivity index (χ4n) is 2.53. The molecule has 5 nitrogen and oxygen atoms in total. The van der Waals surface area contributed by atoms with Crippen LogP contribution in [-0.4, -0.2) is 26.9 Å². The van der Waals surface area contributed by atoms with Crippen LogP contribution in [0.3, 0.4) is 0 Å². The standard InChI is InChI=1S/C14H22N2O3/c1-9-4-5-19-14(9)13(16-15)10-6-11(17-2)8-12(7-10)18-3/h6-9,13-14,16H,4-5,15H2,1-3H3. The van der Waals surface area contributed by atoms with Crippen LogP contribution in [0.2, 0.25) is 0 Å². The lowest BCUT2D eigenvalue weighted by atomic mass is 9.92. The lowest BCUT2D eigenvalue weighted by Crippen LogP contribution is -2.38. The maximum atomic E-state index is 5.80. The molecule has 19 heavy (non-hydrogen) atoms. The number of hydrogen-bond donors (Lipinski definition) is 2. The number of hydrazine groups is 1. The number of benzene rings is 1. The van der Waals surface area contributed by atoms with Crippen LogP contribution >= 0.6 is 0 Å². The highest BCUT2D eigenvalue weighted by Gasteiger charge is 2.33. The summed E-state index contributed by atoms with van der Waals surface area (Å²) in [5.74, 6) is 7.69. The summed E-state index contributed by atoms with van der Waals surface area (Å²) in [7, 11) is 3.27. The minimum absolute atomic E-state index is 0.0681. The minimum Gasteiger partial charge on any atom is -0.497 e. The molecule has 106 valence electrons. The molecule has 1 fully saturated rings. The van der Waals surface area contributed by atoms with E-state index in [-0.39, 0.29) is 12.1 Å². The lowest BCUT2D eigenvalue weighted by molar-refractivity contribution is 0.0606. The molecule has 1 saturated heterocycles. The van der Waals surface area contributed by atoms with E-state index in [0.717, 1.165) is 30.1 Å². The van der Waals surface area contributed by atoms with Gasteiger partial charge in [0, 0.05) is 12.7 Å². The van der Waals surface area contributed by atoms with Crippen LogP contribution in [0.5, 0.6) is 11.5 Å². The summed E-state index contributed by atoms with van der Waals surface area (Å²) in [5.41, 5.74) is 3.87. The van der Waals surface area contributed by atoms with Crippen molar-refractivity contribution in [2.24, 2.45) is 11.8 Å². The van der Waals surface area contributed by atoms with Crippen molar-refractivity contribution < 1.29 is 14.2 Å². The van der Waals surface area contributed by atoms with Gasteiger partial charge < -0.3 is 14.2 Å². The van der Waals surface area contributed by atoms with E-state index in [9.17, 15) is 0 Å². The highest BCUT2D eigenvalue weighted by atomic mass is 16.5. The molecule has 0 amide bonds. The van der Waals surface area contributed by atoms with Crippen LogP contribution in [0.1, 0.15) is 24.9 Å². The van der Waals surface area contributed by atoms with E-state index < -0.39 is 0 Å². The topological polar surface area (TPSA) is 65.7 Å². The van der Waals surface area contributed by atoms with E-state index in [2.05, 4.69) is 12.3 Å². The van der Waals surface area contributed by atoms with E-state index in [4.69, 9.17) is 20.1 Å². The van der Waals surface area contributed by atoms with Gasteiger partial charge in [0.25, 0.3) is 0 Å². The molecule has 0 spiro atoms. The summed E-state index contributed by atoms with van der Waals surface area (Å²) in [6, 6.07) is 5.69. The van der Waals surface area contributed by atoms with Crippen molar-refractivity contribution in [3.05, 3.63) is 23.8 Å². The molecule has 3 N–H and O–H groups in total. The second-order valence-electron chi connectivity index (χ2n) is 4.89. The van der Waals surface area contributed by atoms with E-state index in [1.54, 1.807) is 14.2 Å². The minimum atomic E-state index is -0.0681. The van der Waals surface area contributed by atoms with Crippen molar-refractivity contribution in [1.82, 2.24) is 5.43 Å². The summed E-state index contributed by atoms with van der Waals surface area (Å²) < 4.78 is 16.4. The third-order valence-electron chi connectivity index (χ3n) is 3.69. The number of nitrogens with two attached hydrogens (primary N) is 1. The fourth-order valence-corrected chi connectivity index (χ4v) is 2.53. The van der Waals surface area contributed by atoms with Gasteiger partial charge in [0.2, 0.25) is 0 Å².